The molecule has 0 saturated heterocycles. The van der Waals surface area contributed by atoms with Crippen molar-refractivity contribution in [3.05, 3.63) is 40.2 Å². The molecule has 0 aliphatic heterocycles. The van der Waals surface area contributed by atoms with Gasteiger partial charge in [0.1, 0.15) is 5.56 Å². The Labute approximate surface area is 108 Å². The van der Waals surface area contributed by atoms with E-state index in [0.29, 0.717) is 11.1 Å². The smallest absolute Gasteiger partial charge is 0.349 e. The van der Waals surface area contributed by atoms with Gasteiger partial charge in [-0.1, -0.05) is 12.1 Å². The van der Waals surface area contributed by atoms with Gasteiger partial charge in [-0.15, -0.1) is 0 Å². The molecule has 0 spiro atoms. The number of benzene rings is 1. The fourth-order valence-corrected chi connectivity index (χ4v) is 1.66. The van der Waals surface area contributed by atoms with Gasteiger partial charge in [0, 0.05) is 12.3 Å². The standard InChI is InChI=1S/C13H11NO5/c1-7(15)14-12(16)9-6-8-4-3-5-10(18-2)11(8)19-13(9)17/h3-6H,1-2H3,(H,14,15,16). The van der Waals surface area contributed by atoms with Crippen LogP contribution in [0.15, 0.2) is 33.5 Å². The van der Waals surface area contributed by atoms with Crippen LogP contribution < -0.4 is 15.7 Å². The van der Waals surface area contributed by atoms with Gasteiger partial charge in [-0.3, -0.25) is 14.9 Å². The number of methoxy groups -OCH3 is 1. The number of carbonyl (C=O) groups is 2. The number of imide groups is 1. The molecule has 0 aliphatic rings. The lowest BCUT2D eigenvalue weighted by atomic mass is 10.1. The highest BCUT2D eigenvalue weighted by molar-refractivity contribution is 6.05. The first-order chi connectivity index (χ1) is 9.02. The van der Waals surface area contributed by atoms with Gasteiger partial charge in [-0.2, -0.15) is 0 Å². The second kappa shape index (κ2) is 4.93. The third kappa shape index (κ3) is 2.47. The summed E-state index contributed by atoms with van der Waals surface area (Å²) < 4.78 is 10.1. The lowest BCUT2D eigenvalue weighted by Gasteiger charge is -2.05. The van der Waals surface area contributed by atoms with Gasteiger partial charge in [-0.25, -0.2) is 4.79 Å². The predicted molar refractivity (Wildman–Crippen MR) is 67.2 cm³/mol. The quantitative estimate of drug-likeness (QED) is 0.817. The Morgan fingerprint density at radius 3 is 2.68 bits per heavy atom. The Kier molecular flexibility index (Phi) is 3.33. The summed E-state index contributed by atoms with van der Waals surface area (Å²) in [5.74, 6) is -0.936. The Morgan fingerprint density at radius 1 is 1.32 bits per heavy atom. The van der Waals surface area contributed by atoms with Crippen molar-refractivity contribution < 1.29 is 18.7 Å². The number of para-hydroxylation sites is 1. The van der Waals surface area contributed by atoms with Crippen molar-refractivity contribution in [1.29, 1.82) is 0 Å². The average Bonchev–Trinajstić information content (AvgIpc) is 2.36. The number of ether oxygens (including phenoxy) is 1. The third-order valence-corrected chi connectivity index (χ3v) is 2.48. The van der Waals surface area contributed by atoms with E-state index >= 15 is 0 Å². The molecule has 0 fully saturated rings. The Balaban J connectivity index is 2.60. The molecule has 2 rings (SSSR count). The molecule has 98 valence electrons. The summed E-state index contributed by atoms with van der Waals surface area (Å²) in [4.78, 5) is 34.2. The van der Waals surface area contributed by atoms with E-state index in [-0.39, 0.29) is 11.1 Å². The first-order valence-electron chi connectivity index (χ1n) is 5.45. The molecule has 6 heteroatoms. The Bertz CT molecular complexity index is 717. The highest BCUT2D eigenvalue weighted by Gasteiger charge is 2.16. The molecule has 2 amide bonds. The second-order valence-corrected chi connectivity index (χ2v) is 3.84. The van der Waals surface area contributed by atoms with Gasteiger partial charge < -0.3 is 9.15 Å². The summed E-state index contributed by atoms with van der Waals surface area (Å²) in [6, 6.07) is 6.38. The number of amides is 2. The van der Waals surface area contributed by atoms with Crippen molar-refractivity contribution in [1.82, 2.24) is 5.32 Å². The molecule has 1 aromatic heterocycles. The van der Waals surface area contributed by atoms with Crippen LogP contribution in [0.3, 0.4) is 0 Å². The summed E-state index contributed by atoms with van der Waals surface area (Å²) in [6.45, 7) is 1.18. The zero-order valence-electron chi connectivity index (χ0n) is 10.4. The highest BCUT2D eigenvalue weighted by atomic mass is 16.5. The van der Waals surface area contributed by atoms with Crippen LogP contribution in [0.4, 0.5) is 0 Å². The van der Waals surface area contributed by atoms with Crippen LogP contribution in [0.5, 0.6) is 5.75 Å². The summed E-state index contributed by atoms with van der Waals surface area (Å²) in [5.41, 5.74) is -0.791. The highest BCUT2D eigenvalue weighted by Crippen LogP contribution is 2.24. The lowest BCUT2D eigenvalue weighted by Crippen LogP contribution is -2.31. The van der Waals surface area contributed by atoms with Crippen LogP contribution in [0, 0.1) is 0 Å². The SMILES string of the molecule is COc1cccc2cc(C(=O)NC(C)=O)c(=O)oc12. The van der Waals surface area contributed by atoms with E-state index in [2.05, 4.69) is 0 Å². The van der Waals surface area contributed by atoms with Crippen LogP contribution in [0.25, 0.3) is 11.0 Å². The average molecular weight is 261 g/mol. The van der Waals surface area contributed by atoms with Crippen LogP contribution >= 0.6 is 0 Å². The summed E-state index contributed by atoms with van der Waals surface area (Å²) in [5, 5.41) is 2.56. The number of carbonyl (C=O) groups excluding carboxylic acids is 2. The molecule has 1 heterocycles. The first-order valence-corrected chi connectivity index (χ1v) is 5.45. The summed E-state index contributed by atoms with van der Waals surface area (Å²) in [7, 11) is 1.45. The minimum Gasteiger partial charge on any atom is -0.493 e. The molecule has 19 heavy (non-hydrogen) atoms. The monoisotopic (exact) mass is 261 g/mol. The van der Waals surface area contributed by atoms with Crippen molar-refractivity contribution in [3.63, 3.8) is 0 Å². The van der Waals surface area contributed by atoms with Crippen molar-refractivity contribution in [2.24, 2.45) is 0 Å². The molecule has 6 nitrogen and oxygen atoms in total. The Hall–Kier alpha value is -2.63. The van der Waals surface area contributed by atoms with Gasteiger partial charge in [0.15, 0.2) is 11.3 Å². The number of hydrogen-bond donors (Lipinski definition) is 1. The van der Waals surface area contributed by atoms with Crippen LogP contribution in [0.1, 0.15) is 17.3 Å². The predicted octanol–water partition coefficient (Wildman–Crippen LogP) is 1.08. The molecule has 2 aromatic rings. The van der Waals surface area contributed by atoms with Gasteiger partial charge in [-0.05, 0) is 12.1 Å². The van der Waals surface area contributed by atoms with Crippen molar-refractivity contribution in [2.45, 2.75) is 6.92 Å². The maximum Gasteiger partial charge on any atom is 0.349 e. The number of fused-ring (bicyclic) bond motifs is 1. The molecule has 0 atom stereocenters. The topological polar surface area (TPSA) is 85.6 Å². The van der Waals surface area contributed by atoms with Gasteiger partial charge in [0.05, 0.1) is 7.11 Å². The van der Waals surface area contributed by atoms with Crippen molar-refractivity contribution in [3.8, 4) is 5.75 Å². The Morgan fingerprint density at radius 2 is 2.05 bits per heavy atom. The fraction of sp³-hybridized carbons (Fsp3) is 0.154. The van der Waals surface area contributed by atoms with Crippen LogP contribution in [0.2, 0.25) is 0 Å². The lowest BCUT2D eigenvalue weighted by molar-refractivity contribution is -0.118. The van der Waals surface area contributed by atoms with E-state index in [1.165, 1.54) is 20.1 Å². The molecule has 0 radical (unpaired) electrons. The van der Waals surface area contributed by atoms with Gasteiger partial charge in [0.25, 0.3) is 5.91 Å². The van der Waals surface area contributed by atoms with Gasteiger partial charge >= 0.3 is 5.63 Å². The molecule has 1 aromatic carbocycles. The zero-order chi connectivity index (χ0) is 14.0. The van der Waals surface area contributed by atoms with Crippen molar-refractivity contribution in [2.75, 3.05) is 7.11 Å². The summed E-state index contributed by atoms with van der Waals surface area (Å²) in [6.07, 6.45) is 0. The van der Waals surface area contributed by atoms with E-state index in [1.807, 2.05) is 5.32 Å². The first kappa shape index (κ1) is 12.8. The third-order valence-electron chi connectivity index (χ3n) is 2.48. The maximum atomic E-state index is 11.7. The second-order valence-electron chi connectivity index (χ2n) is 3.84. The normalized spacial score (nSPS) is 10.2. The zero-order valence-corrected chi connectivity index (χ0v) is 10.4. The molecule has 0 bridgehead atoms. The van der Waals surface area contributed by atoms with Crippen LogP contribution in [-0.2, 0) is 4.79 Å². The van der Waals surface area contributed by atoms with Gasteiger partial charge in [0.2, 0.25) is 5.91 Å². The number of nitrogens with one attached hydrogen (secondary N) is 1. The van der Waals surface area contributed by atoms with Crippen LogP contribution in [-0.4, -0.2) is 18.9 Å². The fourth-order valence-electron chi connectivity index (χ4n) is 1.66. The molecule has 0 saturated carbocycles. The van der Waals surface area contributed by atoms with E-state index in [0.717, 1.165) is 0 Å². The van der Waals surface area contributed by atoms with E-state index < -0.39 is 17.4 Å². The van der Waals surface area contributed by atoms with E-state index in [4.69, 9.17) is 9.15 Å². The largest absolute Gasteiger partial charge is 0.493 e. The van der Waals surface area contributed by atoms with E-state index in [9.17, 15) is 14.4 Å². The minimum atomic E-state index is -0.823. The molecular weight excluding hydrogens is 250 g/mol. The molecule has 1 N–H and O–H groups in total. The summed E-state index contributed by atoms with van der Waals surface area (Å²) >= 11 is 0. The van der Waals surface area contributed by atoms with E-state index in [1.54, 1.807) is 18.2 Å². The number of rotatable bonds is 2. The molecular formula is C13H11NO5. The maximum absolute atomic E-state index is 11.7. The number of hydrogen-bond acceptors (Lipinski definition) is 5. The minimum absolute atomic E-state index is 0.226. The molecule has 0 aliphatic carbocycles. The molecule has 0 unspecified atom stereocenters. The van der Waals surface area contributed by atoms with Crippen molar-refractivity contribution >= 4 is 22.8 Å².